The Morgan fingerprint density at radius 3 is 2.26 bits per heavy atom. The third-order valence-corrected chi connectivity index (χ3v) is 15.3. The Morgan fingerprint density at radius 1 is 0.837 bits per heavy atom. The summed E-state index contributed by atoms with van der Waals surface area (Å²) >= 11 is 0. The van der Waals surface area contributed by atoms with Gasteiger partial charge in [0.05, 0.1) is 18.3 Å². The number of allylic oxidation sites excluding steroid dienone is 1. The Kier molecular flexibility index (Phi) is 6.30. The van der Waals surface area contributed by atoms with Gasteiger partial charge in [0, 0.05) is 5.41 Å². The Hall–Kier alpha value is -1.62. The van der Waals surface area contributed by atoms with E-state index in [1.807, 2.05) is 0 Å². The molecular formula is C38H51F3O2. The summed E-state index contributed by atoms with van der Waals surface area (Å²) in [7, 11) is 0. The van der Waals surface area contributed by atoms with Gasteiger partial charge in [-0.3, -0.25) is 4.79 Å². The molecule has 5 heteroatoms. The number of fused-ring (bicyclic) bond motifs is 5. The van der Waals surface area contributed by atoms with Crippen molar-refractivity contribution in [2.24, 2.45) is 56.2 Å². The van der Waals surface area contributed by atoms with E-state index in [0.29, 0.717) is 41.3 Å². The van der Waals surface area contributed by atoms with Gasteiger partial charge in [0.2, 0.25) is 0 Å². The van der Waals surface area contributed by atoms with Gasteiger partial charge in [-0.25, -0.2) is 0 Å². The molecule has 236 valence electrons. The molecule has 1 aromatic carbocycles. The summed E-state index contributed by atoms with van der Waals surface area (Å²) in [6.07, 6.45) is 7.56. The molecule has 1 heterocycles. The van der Waals surface area contributed by atoms with Gasteiger partial charge in [-0.05, 0) is 132 Å². The fourth-order valence-electron chi connectivity index (χ4n) is 13.0. The van der Waals surface area contributed by atoms with Crippen molar-refractivity contribution in [2.45, 2.75) is 119 Å². The van der Waals surface area contributed by atoms with Crippen LogP contribution in [0.25, 0.3) is 6.08 Å². The first-order chi connectivity index (χ1) is 19.9. The molecule has 2 nitrogen and oxygen atoms in total. The standard InChI is InChI=1S/C38H51F3O2/c1-32(2)16-18-37-19-17-35(6)26(29(37)31(32)43-22-37)12-13-28-34(5)21-24(20-23-10-8-9-11-25(23)38(39,40)41)30(42)33(3,4)27(34)14-15-36(28,35)7/h8-11,20,26-29,31H,12-19,21-22H2,1-7H3/t26?,27?,28?,29?,31-,34+,35-,36-,37-/m1/s1. The third-order valence-electron chi connectivity index (χ3n) is 15.3. The van der Waals surface area contributed by atoms with E-state index in [9.17, 15) is 18.0 Å². The first kappa shape index (κ1) is 30.1. The van der Waals surface area contributed by atoms with Crippen molar-refractivity contribution in [3.05, 3.63) is 41.0 Å². The molecule has 1 saturated heterocycles. The molecule has 6 aliphatic rings. The van der Waals surface area contributed by atoms with Crippen molar-refractivity contribution in [1.29, 1.82) is 0 Å². The van der Waals surface area contributed by atoms with Gasteiger partial charge in [0.25, 0.3) is 0 Å². The smallest absolute Gasteiger partial charge is 0.377 e. The minimum absolute atomic E-state index is 0.0354. The number of Topliss-reactive ketones (excluding diaryl/α,β-unsaturated/α-hetero) is 1. The quantitative estimate of drug-likeness (QED) is 0.302. The van der Waals surface area contributed by atoms with Gasteiger partial charge in [-0.2, -0.15) is 13.2 Å². The van der Waals surface area contributed by atoms with Crippen LogP contribution in [0.1, 0.15) is 117 Å². The Labute approximate surface area is 256 Å². The second-order valence-electron chi connectivity index (χ2n) is 17.8. The Balaban J connectivity index is 1.29. The van der Waals surface area contributed by atoms with Crippen LogP contribution in [0.15, 0.2) is 29.8 Å². The molecule has 9 atom stereocenters. The number of alkyl halides is 3. The molecule has 5 saturated carbocycles. The monoisotopic (exact) mass is 596 g/mol. The van der Waals surface area contributed by atoms with Crippen LogP contribution in [-0.2, 0) is 15.7 Å². The molecule has 1 aromatic rings. The summed E-state index contributed by atoms with van der Waals surface area (Å²) in [4.78, 5) is 14.1. The largest absolute Gasteiger partial charge is 0.416 e. The van der Waals surface area contributed by atoms with E-state index in [1.54, 1.807) is 12.1 Å². The Bertz CT molecular complexity index is 1370. The van der Waals surface area contributed by atoms with E-state index in [4.69, 9.17) is 4.74 Å². The summed E-state index contributed by atoms with van der Waals surface area (Å²) in [5.74, 6) is 1.95. The summed E-state index contributed by atoms with van der Waals surface area (Å²) in [5.41, 5.74) is 0.143. The lowest BCUT2D eigenvalue weighted by Gasteiger charge is -2.73. The van der Waals surface area contributed by atoms with Crippen LogP contribution in [-0.4, -0.2) is 18.5 Å². The van der Waals surface area contributed by atoms with E-state index in [0.717, 1.165) is 31.9 Å². The fraction of sp³-hybridized carbons (Fsp3) is 0.763. The van der Waals surface area contributed by atoms with E-state index < -0.39 is 17.2 Å². The Morgan fingerprint density at radius 2 is 1.53 bits per heavy atom. The van der Waals surface area contributed by atoms with E-state index in [-0.39, 0.29) is 38.9 Å². The molecule has 4 unspecified atom stereocenters. The van der Waals surface area contributed by atoms with E-state index in [1.165, 1.54) is 44.2 Å². The van der Waals surface area contributed by atoms with Crippen LogP contribution >= 0.6 is 0 Å². The van der Waals surface area contributed by atoms with E-state index in [2.05, 4.69) is 48.5 Å². The molecular weight excluding hydrogens is 545 g/mol. The van der Waals surface area contributed by atoms with Crippen molar-refractivity contribution < 1.29 is 22.7 Å². The molecule has 5 aliphatic carbocycles. The average molecular weight is 597 g/mol. The summed E-state index contributed by atoms with van der Waals surface area (Å²) < 4.78 is 48.6. The molecule has 0 amide bonds. The number of ether oxygens (including phenoxy) is 1. The highest BCUT2D eigenvalue weighted by Crippen LogP contribution is 2.78. The second-order valence-corrected chi connectivity index (χ2v) is 17.8. The van der Waals surface area contributed by atoms with Crippen molar-refractivity contribution >= 4 is 11.9 Å². The summed E-state index contributed by atoms with van der Waals surface area (Å²) in [6.45, 7) is 17.5. The van der Waals surface area contributed by atoms with Gasteiger partial charge in [-0.1, -0.05) is 66.7 Å². The fourth-order valence-corrected chi connectivity index (χ4v) is 13.0. The normalized spacial score (nSPS) is 47.3. The van der Waals surface area contributed by atoms with Crippen LogP contribution < -0.4 is 0 Å². The molecule has 43 heavy (non-hydrogen) atoms. The summed E-state index contributed by atoms with van der Waals surface area (Å²) in [5, 5.41) is 0. The van der Waals surface area contributed by atoms with Crippen LogP contribution in [0.4, 0.5) is 13.2 Å². The van der Waals surface area contributed by atoms with Crippen molar-refractivity contribution in [3.63, 3.8) is 0 Å². The lowest BCUT2D eigenvalue weighted by atomic mass is 9.31. The first-order valence-corrected chi connectivity index (χ1v) is 16.9. The number of ketones is 1. The third kappa shape index (κ3) is 3.84. The number of hydrogen-bond acceptors (Lipinski definition) is 2. The zero-order chi connectivity index (χ0) is 31.0. The lowest BCUT2D eigenvalue weighted by Crippen LogP contribution is -2.67. The molecule has 0 radical (unpaired) electrons. The van der Waals surface area contributed by atoms with Gasteiger partial charge < -0.3 is 4.74 Å². The maximum absolute atomic E-state index is 14.1. The van der Waals surface area contributed by atoms with Crippen LogP contribution in [0, 0.1) is 56.2 Å². The molecule has 0 aromatic heterocycles. The van der Waals surface area contributed by atoms with Crippen LogP contribution in [0.5, 0.6) is 0 Å². The number of carbonyl (C=O) groups is 1. The molecule has 1 aliphatic heterocycles. The maximum Gasteiger partial charge on any atom is 0.416 e. The van der Waals surface area contributed by atoms with Crippen LogP contribution in [0.3, 0.4) is 0 Å². The highest BCUT2D eigenvalue weighted by Gasteiger charge is 2.73. The van der Waals surface area contributed by atoms with Gasteiger partial charge in [0.1, 0.15) is 0 Å². The molecule has 0 spiro atoms. The van der Waals surface area contributed by atoms with E-state index >= 15 is 0 Å². The van der Waals surface area contributed by atoms with Gasteiger partial charge in [-0.15, -0.1) is 0 Å². The number of benzene rings is 1. The minimum atomic E-state index is -4.46. The number of hydrogen-bond donors (Lipinski definition) is 0. The number of halogens is 3. The summed E-state index contributed by atoms with van der Waals surface area (Å²) in [6, 6.07) is 5.72. The topological polar surface area (TPSA) is 26.3 Å². The molecule has 0 N–H and O–H groups in total. The van der Waals surface area contributed by atoms with Crippen molar-refractivity contribution in [2.75, 3.05) is 6.61 Å². The average Bonchev–Trinajstić information content (AvgIpc) is 3.25. The predicted molar refractivity (Wildman–Crippen MR) is 164 cm³/mol. The second kappa shape index (κ2) is 9.01. The molecule has 6 fully saturated rings. The minimum Gasteiger partial charge on any atom is -0.377 e. The highest BCUT2D eigenvalue weighted by molar-refractivity contribution is 6.04. The number of carbonyl (C=O) groups excluding carboxylic acids is 1. The lowest BCUT2D eigenvalue weighted by molar-refractivity contribution is -0.236. The molecule has 2 bridgehead atoms. The maximum atomic E-state index is 14.1. The van der Waals surface area contributed by atoms with Gasteiger partial charge in [0.15, 0.2) is 5.78 Å². The first-order valence-electron chi connectivity index (χ1n) is 16.9. The number of rotatable bonds is 1. The predicted octanol–water partition coefficient (Wildman–Crippen LogP) is 10.2. The SMILES string of the molecule is CC1(C)C(=O)C(=Cc2ccccc2C(F)(F)F)C[C@@]2(C)C1CC[C@]1(C)C2CCC2C3[C@H]4OC[C@@]3(CCC4(C)C)CC[C@]21C. The molecule has 7 rings (SSSR count). The highest BCUT2D eigenvalue weighted by atomic mass is 19.4. The van der Waals surface area contributed by atoms with Crippen molar-refractivity contribution in [3.8, 4) is 0 Å². The van der Waals surface area contributed by atoms with Crippen molar-refractivity contribution in [1.82, 2.24) is 0 Å². The zero-order valence-electron chi connectivity index (χ0n) is 27.3. The van der Waals surface area contributed by atoms with Gasteiger partial charge >= 0.3 is 6.18 Å². The zero-order valence-corrected chi connectivity index (χ0v) is 27.3. The van der Waals surface area contributed by atoms with Crippen LogP contribution in [0.2, 0.25) is 0 Å².